The lowest BCUT2D eigenvalue weighted by Gasteiger charge is -2.29. The SMILES string of the molecule is Cc1nc2c(C(=O)O)cc(N3CCOCC3)cc2n1-c1cccc2c(F)cccc12. The Hall–Kier alpha value is -3.45. The van der Waals surface area contributed by atoms with Crippen LogP contribution < -0.4 is 4.90 Å². The summed E-state index contributed by atoms with van der Waals surface area (Å²) in [7, 11) is 0. The number of hydrogen-bond donors (Lipinski definition) is 1. The Labute approximate surface area is 172 Å². The van der Waals surface area contributed by atoms with Crippen molar-refractivity contribution in [3.05, 3.63) is 65.7 Å². The zero-order valence-electron chi connectivity index (χ0n) is 16.4. The molecule has 0 unspecified atom stereocenters. The van der Waals surface area contributed by atoms with Crippen LogP contribution in [0.3, 0.4) is 0 Å². The van der Waals surface area contributed by atoms with Crippen molar-refractivity contribution in [3.8, 4) is 5.69 Å². The number of carboxylic acid groups (broad SMARTS) is 1. The molecule has 1 saturated heterocycles. The van der Waals surface area contributed by atoms with Crippen LogP contribution in [0.25, 0.3) is 27.5 Å². The lowest BCUT2D eigenvalue weighted by atomic mass is 10.1. The number of aryl methyl sites for hydroxylation is 1. The van der Waals surface area contributed by atoms with Gasteiger partial charge in [0.15, 0.2) is 0 Å². The van der Waals surface area contributed by atoms with Crippen LogP contribution in [-0.4, -0.2) is 46.9 Å². The van der Waals surface area contributed by atoms with Crippen LogP contribution in [0.4, 0.5) is 10.1 Å². The van der Waals surface area contributed by atoms with Crippen LogP contribution in [0.15, 0.2) is 48.5 Å². The molecule has 30 heavy (non-hydrogen) atoms. The molecule has 5 rings (SSSR count). The maximum atomic E-state index is 14.4. The minimum atomic E-state index is -1.02. The molecule has 3 aromatic carbocycles. The molecule has 1 aromatic heterocycles. The highest BCUT2D eigenvalue weighted by Crippen LogP contribution is 2.33. The first-order chi connectivity index (χ1) is 14.5. The minimum Gasteiger partial charge on any atom is -0.478 e. The number of nitrogens with zero attached hydrogens (tertiary/aromatic N) is 3. The highest BCUT2D eigenvalue weighted by atomic mass is 19.1. The third-order valence-electron chi connectivity index (χ3n) is 5.61. The summed E-state index contributed by atoms with van der Waals surface area (Å²) in [5, 5.41) is 11.1. The number of fused-ring (bicyclic) bond motifs is 2. The van der Waals surface area contributed by atoms with Crippen molar-refractivity contribution in [2.75, 3.05) is 31.2 Å². The van der Waals surface area contributed by atoms with E-state index >= 15 is 0 Å². The van der Waals surface area contributed by atoms with Gasteiger partial charge in [0, 0.05) is 29.5 Å². The van der Waals surface area contributed by atoms with E-state index in [0.717, 1.165) is 16.8 Å². The third kappa shape index (κ3) is 2.90. The van der Waals surface area contributed by atoms with Crippen molar-refractivity contribution in [2.45, 2.75) is 6.92 Å². The molecule has 1 N–H and O–H groups in total. The second kappa shape index (κ2) is 7.11. The molecule has 0 radical (unpaired) electrons. The smallest absolute Gasteiger partial charge is 0.338 e. The Morgan fingerprint density at radius 1 is 1.10 bits per heavy atom. The maximum absolute atomic E-state index is 14.4. The molecule has 0 bridgehead atoms. The number of benzene rings is 3. The number of halogens is 1. The molecular formula is C23H20FN3O3. The van der Waals surface area contributed by atoms with Crippen LogP contribution in [0, 0.1) is 12.7 Å². The maximum Gasteiger partial charge on any atom is 0.338 e. The minimum absolute atomic E-state index is 0.155. The number of rotatable bonds is 3. The van der Waals surface area contributed by atoms with Crippen LogP contribution in [0.5, 0.6) is 0 Å². The second-order valence-electron chi connectivity index (χ2n) is 7.37. The van der Waals surface area contributed by atoms with Gasteiger partial charge in [0.25, 0.3) is 0 Å². The first-order valence-corrected chi connectivity index (χ1v) is 9.81. The zero-order valence-corrected chi connectivity index (χ0v) is 16.4. The van der Waals surface area contributed by atoms with Crippen LogP contribution >= 0.6 is 0 Å². The lowest BCUT2D eigenvalue weighted by Crippen LogP contribution is -2.36. The number of aromatic nitrogens is 2. The van der Waals surface area contributed by atoms with E-state index in [-0.39, 0.29) is 11.4 Å². The molecule has 7 heteroatoms. The summed E-state index contributed by atoms with van der Waals surface area (Å²) in [6.07, 6.45) is 0. The van der Waals surface area contributed by atoms with E-state index in [1.807, 2.05) is 29.7 Å². The number of ether oxygens (including phenoxy) is 1. The molecule has 0 saturated carbocycles. The van der Waals surface area contributed by atoms with Gasteiger partial charge in [-0.2, -0.15) is 0 Å². The quantitative estimate of drug-likeness (QED) is 0.554. The average Bonchev–Trinajstić information content (AvgIpc) is 3.09. The number of anilines is 1. The van der Waals surface area contributed by atoms with Crippen molar-refractivity contribution in [3.63, 3.8) is 0 Å². The summed E-state index contributed by atoms with van der Waals surface area (Å²) in [5.74, 6) is -0.677. The molecule has 1 aliphatic rings. The Balaban J connectivity index is 1.81. The monoisotopic (exact) mass is 405 g/mol. The summed E-state index contributed by atoms with van der Waals surface area (Å²) >= 11 is 0. The first kappa shape index (κ1) is 18.6. The predicted molar refractivity (Wildman–Crippen MR) is 113 cm³/mol. The van der Waals surface area contributed by atoms with Gasteiger partial charge in [-0.05, 0) is 31.2 Å². The van der Waals surface area contributed by atoms with E-state index in [1.165, 1.54) is 6.07 Å². The Kier molecular flexibility index (Phi) is 4.40. The van der Waals surface area contributed by atoms with Crippen molar-refractivity contribution < 1.29 is 19.0 Å². The largest absolute Gasteiger partial charge is 0.478 e. The fourth-order valence-electron chi connectivity index (χ4n) is 4.20. The predicted octanol–water partition coefficient (Wildman–Crippen LogP) is 4.16. The summed E-state index contributed by atoms with van der Waals surface area (Å²) in [5.41, 5.74) is 2.84. The number of imidazole rings is 1. The van der Waals surface area contributed by atoms with Crippen LogP contribution in [0.1, 0.15) is 16.2 Å². The third-order valence-corrected chi connectivity index (χ3v) is 5.61. The average molecular weight is 405 g/mol. The molecule has 2 heterocycles. The number of carboxylic acids is 1. The summed E-state index contributed by atoms with van der Waals surface area (Å²) < 4.78 is 21.7. The van der Waals surface area contributed by atoms with Crippen molar-refractivity contribution >= 4 is 33.5 Å². The molecule has 4 aromatic rings. The number of aromatic carboxylic acids is 1. The van der Waals surface area contributed by atoms with Gasteiger partial charge in [0.1, 0.15) is 17.2 Å². The molecule has 0 aliphatic carbocycles. The van der Waals surface area contributed by atoms with Gasteiger partial charge in [-0.25, -0.2) is 14.2 Å². The van der Waals surface area contributed by atoms with E-state index in [9.17, 15) is 14.3 Å². The standard InChI is InChI=1S/C23H20FN3O3/c1-14-25-22-18(23(28)29)12-15(26-8-10-30-11-9-26)13-21(22)27(14)20-7-3-4-16-17(20)5-2-6-19(16)24/h2-7,12-13H,8-11H2,1H3,(H,28,29). The summed E-state index contributed by atoms with van der Waals surface area (Å²) in [6.45, 7) is 4.41. The highest BCUT2D eigenvalue weighted by Gasteiger charge is 2.22. The van der Waals surface area contributed by atoms with Gasteiger partial charge in [-0.1, -0.05) is 24.3 Å². The van der Waals surface area contributed by atoms with E-state index in [4.69, 9.17) is 4.74 Å². The van der Waals surface area contributed by atoms with Gasteiger partial charge < -0.3 is 14.7 Å². The molecule has 6 nitrogen and oxygen atoms in total. The van der Waals surface area contributed by atoms with Gasteiger partial charge in [-0.15, -0.1) is 0 Å². The molecule has 1 fully saturated rings. The second-order valence-corrected chi connectivity index (χ2v) is 7.37. The molecule has 0 spiro atoms. The van der Waals surface area contributed by atoms with Gasteiger partial charge in [0.05, 0.1) is 30.0 Å². The zero-order chi connectivity index (χ0) is 20.8. The molecule has 0 amide bonds. The van der Waals surface area contributed by atoms with Crippen molar-refractivity contribution in [2.24, 2.45) is 0 Å². The number of morpholine rings is 1. The Morgan fingerprint density at radius 2 is 1.83 bits per heavy atom. The van der Waals surface area contributed by atoms with E-state index in [0.29, 0.717) is 48.5 Å². The number of hydrogen-bond acceptors (Lipinski definition) is 4. The van der Waals surface area contributed by atoms with Gasteiger partial charge in [0.2, 0.25) is 0 Å². The van der Waals surface area contributed by atoms with Crippen molar-refractivity contribution in [1.82, 2.24) is 9.55 Å². The molecule has 0 atom stereocenters. The van der Waals surface area contributed by atoms with Gasteiger partial charge >= 0.3 is 5.97 Å². The lowest BCUT2D eigenvalue weighted by molar-refractivity contribution is 0.0699. The fraction of sp³-hybridized carbons (Fsp3) is 0.217. The normalized spacial score (nSPS) is 14.5. The van der Waals surface area contributed by atoms with Crippen LogP contribution in [-0.2, 0) is 4.74 Å². The van der Waals surface area contributed by atoms with E-state index in [2.05, 4.69) is 9.88 Å². The summed E-state index contributed by atoms with van der Waals surface area (Å²) in [4.78, 5) is 18.7. The van der Waals surface area contributed by atoms with Crippen molar-refractivity contribution in [1.29, 1.82) is 0 Å². The Morgan fingerprint density at radius 3 is 2.60 bits per heavy atom. The first-order valence-electron chi connectivity index (χ1n) is 9.81. The van der Waals surface area contributed by atoms with E-state index in [1.54, 1.807) is 24.3 Å². The van der Waals surface area contributed by atoms with E-state index < -0.39 is 5.97 Å². The molecular weight excluding hydrogens is 385 g/mol. The summed E-state index contributed by atoms with van der Waals surface area (Å²) in [6, 6.07) is 14.1. The molecule has 1 aliphatic heterocycles. The molecule has 152 valence electrons. The highest BCUT2D eigenvalue weighted by molar-refractivity contribution is 6.04. The Bertz CT molecular complexity index is 1290. The van der Waals surface area contributed by atoms with Crippen LogP contribution in [0.2, 0.25) is 0 Å². The van der Waals surface area contributed by atoms with Gasteiger partial charge in [-0.3, -0.25) is 4.57 Å². The topological polar surface area (TPSA) is 67.6 Å². The fourth-order valence-corrected chi connectivity index (χ4v) is 4.20. The number of carbonyl (C=O) groups is 1.